The van der Waals surface area contributed by atoms with E-state index in [-0.39, 0.29) is 5.69 Å². The zero-order chi connectivity index (χ0) is 13.7. The Kier molecular flexibility index (Phi) is 4.68. The van der Waals surface area contributed by atoms with Crippen molar-refractivity contribution in [3.8, 4) is 5.88 Å². The lowest BCUT2D eigenvalue weighted by atomic mass is 10.2. The van der Waals surface area contributed by atoms with E-state index in [9.17, 15) is 10.1 Å². The van der Waals surface area contributed by atoms with Crippen LogP contribution < -0.4 is 4.74 Å². The maximum absolute atomic E-state index is 10.5. The van der Waals surface area contributed by atoms with Crippen molar-refractivity contribution in [2.24, 2.45) is 0 Å². The average molecular weight is 265 g/mol. The monoisotopic (exact) mass is 265 g/mol. The minimum absolute atomic E-state index is 0.0155. The molecule has 1 fully saturated rings. The summed E-state index contributed by atoms with van der Waals surface area (Å²) in [6.45, 7) is 5.06. The number of ether oxygens (including phenoxy) is 1. The van der Waals surface area contributed by atoms with E-state index in [1.807, 2.05) is 0 Å². The van der Waals surface area contributed by atoms with Crippen LogP contribution in [0.25, 0.3) is 0 Å². The molecule has 0 saturated carbocycles. The van der Waals surface area contributed by atoms with E-state index in [1.165, 1.54) is 37.7 Å². The zero-order valence-corrected chi connectivity index (χ0v) is 11.1. The standard InChI is InChI=1S/C13H19N3O3/c1-11-4-2-7-15(11)8-3-9-19-13-6-5-12(10-14-13)16(17)18/h5-6,10-11H,2-4,7-9H2,1H3/t11-/m1/s1. The van der Waals surface area contributed by atoms with Crippen molar-refractivity contribution >= 4 is 5.69 Å². The predicted molar refractivity (Wildman–Crippen MR) is 71.3 cm³/mol. The summed E-state index contributed by atoms with van der Waals surface area (Å²) in [5.41, 5.74) is -0.0155. The molecule has 1 atom stereocenters. The molecule has 1 aliphatic rings. The van der Waals surface area contributed by atoms with Crippen LogP contribution in [0.4, 0.5) is 5.69 Å². The Hall–Kier alpha value is -1.69. The summed E-state index contributed by atoms with van der Waals surface area (Å²) in [7, 11) is 0. The summed E-state index contributed by atoms with van der Waals surface area (Å²) >= 11 is 0. The minimum atomic E-state index is -0.467. The lowest BCUT2D eigenvalue weighted by Gasteiger charge is -2.20. The molecule has 0 spiro atoms. The van der Waals surface area contributed by atoms with Gasteiger partial charge in [0, 0.05) is 24.7 Å². The van der Waals surface area contributed by atoms with Crippen LogP contribution in [0.5, 0.6) is 5.88 Å². The molecule has 0 bridgehead atoms. The second kappa shape index (κ2) is 6.47. The Morgan fingerprint density at radius 1 is 1.58 bits per heavy atom. The molecule has 6 nitrogen and oxygen atoms in total. The van der Waals surface area contributed by atoms with Gasteiger partial charge in [-0.2, -0.15) is 0 Å². The third kappa shape index (κ3) is 3.89. The second-order valence-corrected chi connectivity index (χ2v) is 4.84. The predicted octanol–water partition coefficient (Wildman–Crippen LogP) is 2.24. The van der Waals surface area contributed by atoms with Gasteiger partial charge in [0.05, 0.1) is 11.5 Å². The summed E-state index contributed by atoms with van der Waals surface area (Å²) in [6.07, 6.45) is 4.73. The van der Waals surface area contributed by atoms with Crippen molar-refractivity contribution in [3.05, 3.63) is 28.4 Å². The number of hydrogen-bond acceptors (Lipinski definition) is 5. The Morgan fingerprint density at radius 2 is 2.42 bits per heavy atom. The van der Waals surface area contributed by atoms with Gasteiger partial charge in [-0.15, -0.1) is 0 Å². The van der Waals surface area contributed by atoms with E-state index in [1.54, 1.807) is 0 Å². The van der Waals surface area contributed by atoms with E-state index < -0.39 is 4.92 Å². The average Bonchev–Trinajstić information content (AvgIpc) is 2.81. The summed E-state index contributed by atoms with van der Waals surface area (Å²) < 4.78 is 5.48. The summed E-state index contributed by atoms with van der Waals surface area (Å²) in [4.78, 5) is 16.4. The Morgan fingerprint density at radius 3 is 3.00 bits per heavy atom. The van der Waals surface area contributed by atoms with Crippen molar-refractivity contribution in [2.75, 3.05) is 19.7 Å². The fraction of sp³-hybridized carbons (Fsp3) is 0.615. The van der Waals surface area contributed by atoms with Crippen LogP contribution in [-0.4, -0.2) is 40.5 Å². The number of aromatic nitrogens is 1. The molecule has 1 aromatic heterocycles. The normalized spacial score (nSPS) is 19.5. The Labute approximate surface area is 112 Å². The third-order valence-electron chi connectivity index (χ3n) is 3.46. The molecule has 0 amide bonds. The number of pyridine rings is 1. The van der Waals surface area contributed by atoms with Gasteiger partial charge < -0.3 is 9.64 Å². The number of nitro groups is 1. The molecule has 0 N–H and O–H groups in total. The topological polar surface area (TPSA) is 68.5 Å². The molecule has 6 heteroatoms. The molecule has 0 aliphatic carbocycles. The van der Waals surface area contributed by atoms with Crippen LogP contribution in [0.2, 0.25) is 0 Å². The summed E-state index contributed by atoms with van der Waals surface area (Å²) in [5.74, 6) is 0.445. The molecule has 2 heterocycles. The second-order valence-electron chi connectivity index (χ2n) is 4.84. The van der Waals surface area contributed by atoms with Gasteiger partial charge in [0.2, 0.25) is 5.88 Å². The highest BCUT2D eigenvalue weighted by Crippen LogP contribution is 2.17. The van der Waals surface area contributed by atoms with Crippen molar-refractivity contribution in [2.45, 2.75) is 32.2 Å². The largest absolute Gasteiger partial charge is 0.478 e. The molecule has 104 valence electrons. The van der Waals surface area contributed by atoms with Gasteiger partial charge in [0.25, 0.3) is 5.69 Å². The van der Waals surface area contributed by atoms with Gasteiger partial charge in [-0.1, -0.05) is 0 Å². The van der Waals surface area contributed by atoms with Crippen LogP contribution in [0.15, 0.2) is 18.3 Å². The lowest BCUT2D eigenvalue weighted by Crippen LogP contribution is -2.28. The molecule has 0 radical (unpaired) electrons. The quantitative estimate of drug-likeness (QED) is 0.448. The highest BCUT2D eigenvalue weighted by Gasteiger charge is 2.19. The van der Waals surface area contributed by atoms with Gasteiger partial charge in [-0.25, -0.2) is 4.98 Å². The summed E-state index contributed by atoms with van der Waals surface area (Å²) in [5, 5.41) is 10.5. The number of nitrogens with zero attached hydrogens (tertiary/aromatic N) is 3. The van der Waals surface area contributed by atoms with Crippen LogP contribution in [-0.2, 0) is 0 Å². The van der Waals surface area contributed by atoms with E-state index in [0.29, 0.717) is 18.5 Å². The minimum Gasteiger partial charge on any atom is -0.478 e. The number of rotatable bonds is 6. The molecule has 0 aromatic carbocycles. The zero-order valence-electron chi connectivity index (χ0n) is 11.1. The maximum Gasteiger partial charge on any atom is 0.287 e. The van der Waals surface area contributed by atoms with Crippen LogP contribution in [0.1, 0.15) is 26.2 Å². The molecule has 1 aliphatic heterocycles. The smallest absolute Gasteiger partial charge is 0.287 e. The fourth-order valence-electron chi connectivity index (χ4n) is 2.34. The van der Waals surface area contributed by atoms with Gasteiger partial charge >= 0.3 is 0 Å². The van der Waals surface area contributed by atoms with Crippen molar-refractivity contribution in [1.29, 1.82) is 0 Å². The molecular weight excluding hydrogens is 246 g/mol. The van der Waals surface area contributed by atoms with E-state index >= 15 is 0 Å². The van der Waals surface area contributed by atoms with Gasteiger partial charge in [-0.05, 0) is 32.7 Å². The van der Waals surface area contributed by atoms with Gasteiger partial charge in [0.15, 0.2) is 0 Å². The van der Waals surface area contributed by atoms with Crippen LogP contribution in [0, 0.1) is 10.1 Å². The molecule has 1 saturated heterocycles. The molecule has 1 aromatic rings. The Balaban J connectivity index is 1.69. The number of likely N-dealkylation sites (tertiary alicyclic amines) is 1. The molecule has 2 rings (SSSR count). The molecular formula is C13H19N3O3. The lowest BCUT2D eigenvalue weighted by molar-refractivity contribution is -0.385. The van der Waals surface area contributed by atoms with Gasteiger partial charge in [-0.3, -0.25) is 10.1 Å². The molecule has 0 unspecified atom stereocenters. The van der Waals surface area contributed by atoms with Crippen LogP contribution in [0.3, 0.4) is 0 Å². The Bertz CT molecular complexity index is 422. The van der Waals surface area contributed by atoms with E-state index in [2.05, 4.69) is 16.8 Å². The first-order valence-corrected chi connectivity index (χ1v) is 6.64. The van der Waals surface area contributed by atoms with E-state index in [0.717, 1.165) is 13.0 Å². The summed E-state index contributed by atoms with van der Waals surface area (Å²) in [6, 6.07) is 3.62. The van der Waals surface area contributed by atoms with Crippen molar-refractivity contribution < 1.29 is 9.66 Å². The third-order valence-corrected chi connectivity index (χ3v) is 3.46. The SMILES string of the molecule is C[C@@H]1CCCN1CCCOc1ccc([N+](=O)[O-])cn1. The van der Waals surface area contributed by atoms with Gasteiger partial charge in [0.1, 0.15) is 6.20 Å². The van der Waals surface area contributed by atoms with Crippen molar-refractivity contribution in [1.82, 2.24) is 9.88 Å². The first kappa shape index (κ1) is 13.7. The highest BCUT2D eigenvalue weighted by molar-refractivity contribution is 5.28. The maximum atomic E-state index is 10.5. The molecule has 19 heavy (non-hydrogen) atoms. The first-order valence-electron chi connectivity index (χ1n) is 6.64. The van der Waals surface area contributed by atoms with Crippen LogP contribution >= 0.6 is 0 Å². The first-order chi connectivity index (χ1) is 9.16. The highest BCUT2D eigenvalue weighted by atomic mass is 16.6. The van der Waals surface area contributed by atoms with Crippen molar-refractivity contribution in [3.63, 3.8) is 0 Å². The number of hydrogen-bond donors (Lipinski definition) is 0. The van der Waals surface area contributed by atoms with E-state index in [4.69, 9.17) is 4.74 Å². The fourth-order valence-corrected chi connectivity index (χ4v) is 2.34.